The topological polar surface area (TPSA) is 49.4 Å². The van der Waals surface area contributed by atoms with Gasteiger partial charge in [0.05, 0.1) is 11.8 Å². The molecule has 4 rings (SSSR count). The summed E-state index contributed by atoms with van der Waals surface area (Å²) in [6.07, 6.45) is 2.40. The third-order valence-corrected chi connectivity index (χ3v) is 5.15. The largest absolute Gasteiger partial charge is 0.356 e. The third-order valence-electron chi connectivity index (χ3n) is 5.15. The first-order chi connectivity index (χ1) is 12.2. The molecule has 2 atom stereocenters. The number of nitrogens with one attached hydrogen (secondary N) is 1. The molecule has 1 aliphatic carbocycles. The van der Waals surface area contributed by atoms with Crippen LogP contribution in [0.1, 0.15) is 17.5 Å². The van der Waals surface area contributed by atoms with Crippen LogP contribution in [0.3, 0.4) is 0 Å². The van der Waals surface area contributed by atoms with E-state index < -0.39 is 0 Å². The smallest absolute Gasteiger partial charge is 0.230 e. The van der Waals surface area contributed by atoms with Crippen molar-refractivity contribution in [3.63, 3.8) is 0 Å². The van der Waals surface area contributed by atoms with E-state index in [1.165, 1.54) is 11.1 Å². The lowest BCUT2D eigenvalue weighted by Gasteiger charge is -2.17. The highest BCUT2D eigenvalue weighted by Crippen LogP contribution is 2.42. The fourth-order valence-corrected chi connectivity index (χ4v) is 3.63. The highest BCUT2D eigenvalue weighted by molar-refractivity contribution is 6.02. The van der Waals surface area contributed by atoms with Crippen LogP contribution in [0.4, 0.5) is 5.69 Å². The zero-order chi connectivity index (χ0) is 17.2. The van der Waals surface area contributed by atoms with Crippen molar-refractivity contribution in [2.24, 2.45) is 11.8 Å². The fraction of sp³-hybridized carbons (Fsp3) is 0.333. The Balaban J connectivity index is 1.29. The zero-order valence-electron chi connectivity index (χ0n) is 14.2. The fourth-order valence-electron chi connectivity index (χ4n) is 3.63. The molecular formula is C21H22N2O2. The minimum absolute atomic E-state index is 0.0155. The molecule has 1 heterocycles. The van der Waals surface area contributed by atoms with Gasteiger partial charge in [-0.1, -0.05) is 48.5 Å². The predicted molar refractivity (Wildman–Crippen MR) is 97.3 cm³/mol. The molecule has 0 radical (unpaired) electrons. The molecule has 4 heteroatoms. The van der Waals surface area contributed by atoms with E-state index >= 15 is 0 Å². The van der Waals surface area contributed by atoms with Gasteiger partial charge in [0.2, 0.25) is 11.8 Å². The van der Waals surface area contributed by atoms with E-state index in [9.17, 15) is 9.59 Å². The van der Waals surface area contributed by atoms with Crippen molar-refractivity contribution in [1.82, 2.24) is 5.32 Å². The van der Waals surface area contributed by atoms with Gasteiger partial charge in [0, 0.05) is 18.8 Å². The van der Waals surface area contributed by atoms with Crippen LogP contribution in [0.2, 0.25) is 0 Å². The Morgan fingerprint density at radius 3 is 2.60 bits per heavy atom. The molecule has 128 valence electrons. The van der Waals surface area contributed by atoms with Gasteiger partial charge >= 0.3 is 0 Å². The SMILES string of the molecule is O=C(NCCc1ccccc1)C1CC1C(=O)N1CCc2ccccc21. The Kier molecular flexibility index (Phi) is 4.26. The Labute approximate surface area is 147 Å². The molecule has 1 fully saturated rings. The molecule has 2 aliphatic rings. The molecule has 2 aromatic rings. The van der Waals surface area contributed by atoms with Crippen LogP contribution >= 0.6 is 0 Å². The number of hydrogen-bond donors (Lipinski definition) is 1. The average Bonchev–Trinajstić information content (AvgIpc) is 3.34. The molecule has 2 amide bonds. The maximum Gasteiger partial charge on any atom is 0.230 e. The molecule has 0 aromatic heterocycles. The molecule has 2 aromatic carbocycles. The van der Waals surface area contributed by atoms with E-state index in [0.29, 0.717) is 13.0 Å². The maximum absolute atomic E-state index is 12.7. The number of benzene rings is 2. The molecule has 1 aliphatic heterocycles. The summed E-state index contributed by atoms with van der Waals surface area (Å²) in [6, 6.07) is 18.1. The Morgan fingerprint density at radius 2 is 1.76 bits per heavy atom. The van der Waals surface area contributed by atoms with E-state index in [1.54, 1.807) is 0 Å². The van der Waals surface area contributed by atoms with Crippen molar-refractivity contribution >= 4 is 17.5 Å². The standard InChI is InChI=1S/C21H22N2O2/c24-20(22-12-10-15-6-2-1-3-7-15)17-14-18(17)21(25)23-13-11-16-8-4-5-9-19(16)23/h1-9,17-18H,10-14H2,(H,22,24). The summed E-state index contributed by atoms with van der Waals surface area (Å²) in [6.45, 7) is 1.35. The van der Waals surface area contributed by atoms with Crippen LogP contribution in [-0.2, 0) is 22.4 Å². The summed E-state index contributed by atoms with van der Waals surface area (Å²) < 4.78 is 0. The van der Waals surface area contributed by atoms with Gasteiger partial charge in [0.15, 0.2) is 0 Å². The molecule has 1 N–H and O–H groups in total. The number of carbonyl (C=O) groups is 2. The van der Waals surface area contributed by atoms with Gasteiger partial charge in [-0.2, -0.15) is 0 Å². The number of anilines is 1. The predicted octanol–water partition coefficient (Wildman–Crippen LogP) is 2.57. The molecule has 25 heavy (non-hydrogen) atoms. The first kappa shape index (κ1) is 15.9. The Morgan fingerprint density at radius 1 is 1.00 bits per heavy atom. The molecule has 4 nitrogen and oxygen atoms in total. The van der Waals surface area contributed by atoms with Crippen LogP contribution in [0, 0.1) is 11.8 Å². The lowest BCUT2D eigenvalue weighted by atomic mass is 10.1. The number of fused-ring (bicyclic) bond motifs is 1. The quantitative estimate of drug-likeness (QED) is 0.914. The van der Waals surface area contributed by atoms with Crippen molar-refractivity contribution in [2.75, 3.05) is 18.0 Å². The zero-order valence-corrected chi connectivity index (χ0v) is 14.2. The van der Waals surface area contributed by atoms with Gasteiger partial charge in [0.25, 0.3) is 0 Å². The van der Waals surface area contributed by atoms with E-state index in [0.717, 1.165) is 25.1 Å². The highest BCUT2D eigenvalue weighted by atomic mass is 16.2. The molecular weight excluding hydrogens is 312 g/mol. The lowest BCUT2D eigenvalue weighted by molar-refractivity contribution is -0.126. The highest BCUT2D eigenvalue weighted by Gasteiger charge is 2.50. The molecule has 0 saturated heterocycles. The summed E-state index contributed by atoms with van der Waals surface area (Å²) in [5.41, 5.74) is 3.45. The molecule has 0 bridgehead atoms. The third kappa shape index (κ3) is 3.29. The maximum atomic E-state index is 12.7. The summed E-state index contributed by atoms with van der Waals surface area (Å²) in [7, 11) is 0. The first-order valence-electron chi connectivity index (χ1n) is 8.95. The van der Waals surface area contributed by atoms with Crippen LogP contribution < -0.4 is 10.2 Å². The van der Waals surface area contributed by atoms with Crippen LogP contribution in [0.5, 0.6) is 0 Å². The lowest BCUT2D eigenvalue weighted by Crippen LogP contribution is -2.33. The molecule has 0 spiro atoms. The van der Waals surface area contributed by atoms with E-state index in [1.807, 2.05) is 41.3 Å². The minimum atomic E-state index is -0.156. The van der Waals surface area contributed by atoms with Crippen molar-refractivity contribution in [3.8, 4) is 0 Å². The minimum Gasteiger partial charge on any atom is -0.356 e. The number of amides is 2. The average molecular weight is 334 g/mol. The van der Waals surface area contributed by atoms with Gasteiger partial charge in [-0.05, 0) is 36.5 Å². The second-order valence-corrected chi connectivity index (χ2v) is 6.84. The number of carbonyl (C=O) groups excluding carboxylic acids is 2. The second kappa shape index (κ2) is 6.71. The first-order valence-corrected chi connectivity index (χ1v) is 8.95. The number of hydrogen-bond acceptors (Lipinski definition) is 2. The summed E-state index contributed by atoms with van der Waals surface area (Å²) in [5.74, 6) is -0.186. The monoisotopic (exact) mass is 334 g/mol. The van der Waals surface area contributed by atoms with Crippen LogP contribution in [-0.4, -0.2) is 24.9 Å². The van der Waals surface area contributed by atoms with E-state index in [4.69, 9.17) is 0 Å². The van der Waals surface area contributed by atoms with Crippen molar-refractivity contribution in [3.05, 3.63) is 65.7 Å². The molecule has 1 saturated carbocycles. The van der Waals surface area contributed by atoms with Gasteiger partial charge < -0.3 is 10.2 Å². The number of rotatable bonds is 5. The van der Waals surface area contributed by atoms with Gasteiger partial charge in [-0.3, -0.25) is 9.59 Å². The van der Waals surface area contributed by atoms with E-state index in [2.05, 4.69) is 23.5 Å². The van der Waals surface area contributed by atoms with Crippen LogP contribution in [0.15, 0.2) is 54.6 Å². The van der Waals surface area contributed by atoms with Crippen molar-refractivity contribution in [2.45, 2.75) is 19.3 Å². The normalized spacial score (nSPS) is 20.9. The summed E-state index contributed by atoms with van der Waals surface area (Å²) in [4.78, 5) is 26.9. The Hall–Kier alpha value is -2.62. The van der Waals surface area contributed by atoms with Crippen LogP contribution in [0.25, 0.3) is 0 Å². The van der Waals surface area contributed by atoms with E-state index in [-0.39, 0.29) is 23.7 Å². The summed E-state index contributed by atoms with van der Waals surface area (Å²) in [5, 5.41) is 2.98. The molecule has 2 unspecified atom stereocenters. The number of nitrogens with zero attached hydrogens (tertiary/aromatic N) is 1. The van der Waals surface area contributed by atoms with Crippen molar-refractivity contribution < 1.29 is 9.59 Å². The van der Waals surface area contributed by atoms with Gasteiger partial charge in [-0.15, -0.1) is 0 Å². The second-order valence-electron chi connectivity index (χ2n) is 6.84. The number of para-hydroxylation sites is 1. The van der Waals surface area contributed by atoms with Crippen molar-refractivity contribution in [1.29, 1.82) is 0 Å². The Bertz CT molecular complexity index is 787. The van der Waals surface area contributed by atoms with Gasteiger partial charge in [0.1, 0.15) is 0 Å². The van der Waals surface area contributed by atoms with Gasteiger partial charge in [-0.25, -0.2) is 0 Å². The summed E-state index contributed by atoms with van der Waals surface area (Å²) >= 11 is 0.